The van der Waals surface area contributed by atoms with Gasteiger partial charge in [0.25, 0.3) is 0 Å². The molecular weight excluding hydrogens is 156 g/mol. The van der Waals surface area contributed by atoms with Crippen molar-refractivity contribution in [3.05, 3.63) is 30.3 Å². The van der Waals surface area contributed by atoms with Crippen molar-refractivity contribution in [1.29, 1.82) is 5.53 Å². The molecule has 1 heterocycles. The van der Waals surface area contributed by atoms with Crippen LogP contribution in [0.3, 0.4) is 0 Å². The fourth-order valence-corrected chi connectivity index (χ4v) is 1.87. The van der Waals surface area contributed by atoms with Gasteiger partial charge in [-0.25, -0.2) is 5.53 Å². The highest BCUT2D eigenvalue weighted by Crippen LogP contribution is 2.30. The first-order valence-corrected chi connectivity index (χ1v) is 4.08. The molecule has 11 heavy (non-hydrogen) atoms. The molecule has 0 aliphatic rings. The Kier molecular flexibility index (Phi) is 1.43. The van der Waals surface area contributed by atoms with E-state index >= 15 is 0 Å². The Hall–Kier alpha value is -1.22. The van der Waals surface area contributed by atoms with Crippen LogP contribution in [-0.4, -0.2) is 0 Å². The average Bonchev–Trinajstić information content (AvgIpc) is 2.46. The largest absolute Gasteiger partial charge is 0.204 e. The monoisotopic (exact) mass is 162 g/mol. The Bertz CT molecular complexity index is 359. The van der Waals surface area contributed by atoms with Gasteiger partial charge in [-0.2, -0.15) is 0 Å². The molecule has 1 N–H and O–H groups in total. The molecule has 0 spiro atoms. The summed E-state index contributed by atoms with van der Waals surface area (Å²) in [5.41, 5.74) is 6.81. The third-order valence-corrected chi connectivity index (χ3v) is 2.53. The first-order chi connectivity index (χ1) is 5.40. The fraction of sp³-hybridized carbons (Fsp3) is 0. The number of fused-ring (bicyclic) bond motifs is 1. The maximum absolute atomic E-state index is 6.81. The van der Waals surface area contributed by atoms with E-state index in [0.717, 1.165) is 5.00 Å². The molecule has 0 aliphatic heterocycles. The van der Waals surface area contributed by atoms with Gasteiger partial charge in [-0.15, -0.1) is 16.5 Å². The number of hydrogen-bond acceptors (Lipinski definition) is 3. The summed E-state index contributed by atoms with van der Waals surface area (Å²) < 4.78 is 1.19. The maximum Gasteiger partial charge on any atom is 0.139 e. The van der Waals surface area contributed by atoms with Crippen molar-refractivity contribution in [2.75, 3.05) is 0 Å². The van der Waals surface area contributed by atoms with Gasteiger partial charge in [0.05, 0.1) is 0 Å². The minimum absolute atomic E-state index is 0.770. The molecule has 0 atom stereocenters. The van der Waals surface area contributed by atoms with Crippen LogP contribution < -0.4 is 0 Å². The predicted octanol–water partition coefficient (Wildman–Crippen LogP) is 3.56. The summed E-state index contributed by atoms with van der Waals surface area (Å²) in [4.78, 5) is 0. The molecule has 0 saturated heterocycles. The van der Waals surface area contributed by atoms with Crippen molar-refractivity contribution in [2.24, 2.45) is 5.11 Å². The summed E-state index contributed by atoms with van der Waals surface area (Å²) >= 11 is 1.54. The minimum atomic E-state index is 0.770. The van der Waals surface area contributed by atoms with Gasteiger partial charge in [-0.1, -0.05) is 18.2 Å². The topological polar surface area (TPSA) is 36.2 Å². The van der Waals surface area contributed by atoms with Crippen molar-refractivity contribution in [3.63, 3.8) is 0 Å². The SMILES string of the molecule is N=Nc1cc2ccccc2s1. The van der Waals surface area contributed by atoms with E-state index in [1.807, 2.05) is 30.3 Å². The summed E-state index contributed by atoms with van der Waals surface area (Å²) in [6, 6.07) is 9.97. The molecule has 1 aromatic heterocycles. The Labute approximate surface area is 68.0 Å². The molecule has 2 nitrogen and oxygen atoms in total. The van der Waals surface area contributed by atoms with Crippen LogP contribution in [0.4, 0.5) is 5.00 Å². The summed E-state index contributed by atoms with van der Waals surface area (Å²) in [5, 5.41) is 5.32. The van der Waals surface area contributed by atoms with Crippen LogP contribution in [0, 0.1) is 5.53 Å². The van der Waals surface area contributed by atoms with Crippen LogP contribution in [0.2, 0.25) is 0 Å². The molecule has 0 fully saturated rings. The number of benzene rings is 1. The average molecular weight is 162 g/mol. The minimum Gasteiger partial charge on any atom is -0.204 e. The molecule has 2 aromatic rings. The normalized spacial score (nSPS) is 10.2. The maximum atomic E-state index is 6.81. The molecule has 0 amide bonds. The quantitative estimate of drug-likeness (QED) is 0.622. The van der Waals surface area contributed by atoms with E-state index in [2.05, 4.69) is 5.11 Å². The smallest absolute Gasteiger partial charge is 0.139 e. The van der Waals surface area contributed by atoms with Crippen molar-refractivity contribution in [2.45, 2.75) is 0 Å². The zero-order valence-corrected chi connectivity index (χ0v) is 6.56. The first-order valence-electron chi connectivity index (χ1n) is 3.26. The molecule has 0 radical (unpaired) electrons. The Morgan fingerprint density at radius 1 is 1.27 bits per heavy atom. The number of nitrogens with one attached hydrogen (secondary N) is 1. The van der Waals surface area contributed by atoms with Gasteiger partial charge in [0, 0.05) is 4.70 Å². The van der Waals surface area contributed by atoms with Crippen LogP contribution in [0.5, 0.6) is 0 Å². The number of rotatable bonds is 1. The third-order valence-electron chi connectivity index (χ3n) is 1.52. The number of hydrogen-bond donors (Lipinski definition) is 1. The van der Waals surface area contributed by atoms with E-state index in [1.165, 1.54) is 10.1 Å². The zero-order chi connectivity index (χ0) is 7.68. The van der Waals surface area contributed by atoms with Gasteiger partial charge in [-0.05, 0) is 17.5 Å². The van der Waals surface area contributed by atoms with Crippen LogP contribution >= 0.6 is 11.3 Å². The Morgan fingerprint density at radius 2 is 2.09 bits per heavy atom. The lowest BCUT2D eigenvalue weighted by molar-refractivity contribution is 1.17. The molecule has 54 valence electrons. The molecule has 0 saturated carbocycles. The van der Waals surface area contributed by atoms with Gasteiger partial charge in [0.15, 0.2) is 0 Å². The van der Waals surface area contributed by atoms with Gasteiger partial charge >= 0.3 is 0 Å². The van der Waals surface area contributed by atoms with E-state index in [0.29, 0.717) is 0 Å². The van der Waals surface area contributed by atoms with Crippen LogP contribution in [-0.2, 0) is 0 Å². The Morgan fingerprint density at radius 3 is 2.82 bits per heavy atom. The summed E-state index contributed by atoms with van der Waals surface area (Å²) in [5.74, 6) is 0. The van der Waals surface area contributed by atoms with Crippen LogP contribution in [0.15, 0.2) is 35.4 Å². The fourth-order valence-electron chi connectivity index (χ4n) is 1.02. The van der Waals surface area contributed by atoms with Crippen LogP contribution in [0.25, 0.3) is 10.1 Å². The van der Waals surface area contributed by atoms with Gasteiger partial charge in [0.1, 0.15) is 5.00 Å². The van der Waals surface area contributed by atoms with Crippen molar-refractivity contribution < 1.29 is 0 Å². The van der Waals surface area contributed by atoms with E-state index in [9.17, 15) is 0 Å². The molecule has 2 rings (SSSR count). The highest BCUT2D eigenvalue weighted by atomic mass is 32.1. The van der Waals surface area contributed by atoms with Gasteiger partial charge in [-0.3, -0.25) is 0 Å². The Balaban J connectivity index is 2.78. The summed E-state index contributed by atoms with van der Waals surface area (Å²) in [6.45, 7) is 0. The predicted molar refractivity (Wildman–Crippen MR) is 46.6 cm³/mol. The standard InChI is InChI=1S/C8H6N2S/c9-10-8-5-6-3-1-2-4-7(6)11-8/h1-5,9H. The number of thiophene rings is 1. The lowest BCUT2D eigenvalue weighted by Gasteiger charge is -1.81. The second-order valence-electron chi connectivity index (χ2n) is 2.23. The van der Waals surface area contributed by atoms with Gasteiger partial charge < -0.3 is 0 Å². The summed E-state index contributed by atoms with van der Waals surface area (Å²) in [7, 11) is 0. The molecular formula is C8H6N2S. The summed E-state index contributed by atoms with van der Waals surface area (Å²) in [6.07, 6.45) is 0. The van der Waals surface area contributed by atoms with E-state index < -0.39 is 0 Å². The van der Waals surface area contributed by atoms with E-state index in [1.54, 1.807) is 11.3 Å². The lowest BCUT2D eigenvalue weighted by atomic mass is 10.3. The van der Waals surface area contributed by atoms with Crippen molar-refractivity contribution >= 4 is 26.4 Å². The van der Waals surface area contributed by atoms with Crippen molar-refractivity contribution in [3.8, 4) is 0 Å². The lowest BCUT2D eigenvalue weighted by Crippen LogP contribution is -1.56. The second-order valence-corrected chi connectivity index (χ2v) is 3.30. The zero-order valence-electron chi connectivity index (χ0n) is 5.74. The molecule has 3 heteroatoms. The van der Waals surface area contributed by atoms with Crippen molar-refractivity contribution in [1.82, 2.24) is 0 Å². The number of nitrogens with zero attached hydrogens (tertiary/aromatic N) is 1. The van der Waals surface area contributed by atoms with Gasteiger partial charge in [0.2, 0.25) is 0 Å². The molecule has 1 aromatic carbocycles. The molecule has 0 bridgehead atoms. The van der Waals surface area contributed by atoms with E-state index in [-0.39, 0.29) is 0 Å². The second kappa shape index (κ2) is 2.43. The third kappa shape index (κ3) is 1.03. The highest BCUT2D eigenvalue weighted by Gasteiger charge is 1.97. The molecule has 0 aliphatic carbocycles. The van der Waals surface area contributed by atoms with Crippen LogP contribution in [0.1, 0.15) is 0 Å². The van der Waals surface area contributed by atoms with E-state index in [4.69, 9.17) is 5.53 Å². The first kappa shape index (κ1) is 6.49. The highest BCUT2D eigenvalue weighted by molar-refractivity contribution is 7.22. The molecule has 0 unspecified atom stereocenters.